The number of amides is 1. The van der Waals surface area contributed by atoms with E-state index in [4.69, 9.17) is 9.84 Å². The van der Waals surface area contributed by atoms with E-state index in [1.807, 2.05) is 5.32 Å². The molecule has 1 aliphatic rings. The molecule has 0 radical (unpaired) electrons. The molecule has 30 heavy (non-hydrogen) atoms. The van der Waals surface area contributed by atoms with Gasteiger partial charge in [0, 0.05) is 45.0 Å². The molecule has 0 unspecified atom stereocenters. The number of carboxylic acid groups (broad SMARTS) is 1. The van der Waals surface area contributed by atoms with E-state index in [0.717, 1.165) is 32.8 Å². The number of aryl methyl sites for hydroxylation is 1. The molecule has 1 aromatic carbocycles. The zero-order chi connectivity index (χ0) is 21.1. The number of hydrogen-bond acceptors (Lipinski definition) is 7. The van der Waals surface area contributed by atoms with Gasteiger partial charge in [0.1, 0.15) is 11.5 Å². The zero-order valence-corrected chi connectivity index (χ0v) is 16.4. The first-order chi connectivity index (χ1) is 14.5. The van der Waals surface area contributed by atoms with Gasteiger partial charge in [0.15, 0.2) is 5.65 Å². The Kier molecular flexibility index (Phi) is 5.72. The van der Waals surface area contributed by atoms with E-state index in [1.165, 1.54) is 12.1 Å². The van der Waals surface area contributed by atoms with E-state index < -0.39 is 11.9 Å². The van der Waals surface area contributed by atoms with Gasteiger partial charge in [-0.1, -0.05) is 6.07 Å². The second-order valence-corrected chi connectivity index (χ2v) is 6.91. The van der Waals surface area contributed by atoms with Crippen LogP contribution in [-0.4, -0.2) is 75.2 Å². The molecule has 4 rings (SSSR count). The number of ether oxygens (including phenoxy) is 1. The molecule has 1 fully saturated rings. The van der Waals surface area contributed by atoms with Crippen molar-refractivity contribution in [2.75, 3.05) is 50.0 Å². The lowest BCUT2D eigenvalue weighted by Gasteiger charge is -2.26. The number of fused-ring (bicyclic) bond motifs is 1. The van der Waals surface area contributed by atoms with Crippen molar-refractivity contribution >= 4 is 28.8 Å². The Morgan fingerprint density at radius 2 is 2.13 bits per heavy atom. The summed E-state index contributed by atoms with van der Waals surface area (Å²) in [6.07, 6.45) is 0.329. The number of halogens is 1. The maximum absolute atomic E-state index is 14.2. The van der Waals surface area contributed by atoms with E-state index >= 15 is 0 Å². The fourth-order valence-corrected chi connectivity index (χ4v) is 3.37. The van der Waals surface area contributed by atoms with E-state index in [0.29, 0.717) is 34.8 Å². The predicted molar refractivity (Wildman–Crippen MR) is 109 cm³/mol. The minimum Gasteiger partial charge on any atom is -0.465 e. The van der Waals surface area contributed by atoms with E-state index in [1.54, 1.807) is 24.0 Å². The molecular weight excluding hydrogens is 393 g/mol. The standard InChI is InChI=1S/C19H22FN7O3/c1-26-17-13(11-22-18(24-17)21-4-5-27-6-8-30-9-7-27)16(25-26)12-2-3-15(14(20)10-12)23-19(28)29/h2-3,10-11,23H,4-9H2,1H3,(H,28,29)(H,21,22,24). The van der Waals surface area contributed by atoms with Gasteiger partial charge in [0.2, 0.25) is 5.95 Å². The van der Waals surface area contributed by atoms with Crippen LogP contribution in [0.3, 0.4) is 0 Å². The molecule has 3 N–H and O–H groups in total. The number of benzene rings is 1. The Hall–Kier alpha value is -3.31. The summed E-state index contributed by atoms with van der Waals surface area (Å²) in [6, 6.07) is 4.20. The highest BCUT2D eigenvalue weighted by molar-refractivity contribution is 5.92. The number of rotatable bonds is 6. The molecule has 0 atom stereocenters. The first-order valence-electron chi connectivity index (χ1n) is 9.55. The van der Waals surface area contributed by atoms with E-state index in [2.05, 4.69) is 25.3 Å². The molecule has 158 valence electrons. The Morgan fingerprint density at radius 3 is 2.87 bits per heavy atom. The molecule has 1 amide bonds. The minimum atomic E-state index is -1.33. The second kappa shape index (κ2) is 8.59. The third-order valence-electron chi connectivity index (χ3n) is 4.88. The van der Waals surface area contributed by atoms with Crippen LogP contribution in [0.5, 0.6) is 0 Å². The Bertz CT molecular complexity index is 1070. The number of aromatic nitrogens is 4. The quantitative estimate of drug-likeness (QED) is 0.560. The molecule has 0 spiro atoms. The van der Waals surface area contributed by atoms with Crippen molar-refractivity contribution in [1.29, 1.82) is 0 Å². The average molecular weight is 415 g/mol. The first-order valence-corrected chi connectivity index (χ1v) is 9.55. The molecule has 0 saturated carbocycles. The van der Waals surface area contributed by atoms with Crippen LogP contribution in [0.2, 0.25) is 0 Å². The molecule has 11 heteroatoms. The fourth-order valence-electron chi connectivity index (χ4n) is 3.37. The summed E-state index contributed by atoms with van der Waals surface area (Å²) in [5, 5.41) is 19.1. The molecule has 3 heterocycles. The highest BCUT2D eigenvalue weighted by atomic mass is 19.1. The van der Waals surface area contributed by atoms with Crippen molar-refractivity contribution in [3.8, 4) is 11.3 Å². The summed E-state index contributed by atoms with van der Waals surface area (Å²) in [6.45, 7) is 4.94. The summed E-state index contributed by atoms with van der Waals surface area (Å²) in [5.74, 6) is -0.187. The molecule has 10 nitrogen and oxygen atoms in total. The van der Waals surface area contributed by atoms with Gasteiger partial charge in [0.25, 0.3) is 0 Å². The summed E-state index contributed by atoms with van der Waals surface area (Å²) < 4.78 is 21.2. The van der Waals surface area contributed by atoms with Gasteiger partial charge in [-0.05, 0) is 12.1 Å². The van der Waals surface area contributed by atoms with Crippen molar-refractivity contribution < 1.29 is 19.0 Å². The minimum absolute atomic E-state index is 0.116. The molecule has 3 aromatic rings. The van der Waals surface area contributed by atoms with Crippen molar-refractivity contribution in [2.24, 2.45) is 7.05 Å². The van der Waals surface area contributed by atoms with Crippen LogP contribution in [0.15, 0.2) is 24.4 Å². The highest BCUT2D eigenvalue weighted by Crippen LogP contribution is 2.29. The molecule has 1 saturated heterocycles. The third-order valence-corrected chi connectivity index (χ3v) is 4.88. The largest absolute Gasteiger partial charge is 0.465 e. The number of morpholine rings is 1. The van der Waals surface area contributed by atoms with Crippen LogP contribution in [0.25, 0.3) is 22.3 Å². The lowest BCUT2D eigenvalue weighted by Crippen LogP contribution is -2.39. The maximum Gasteiger partial charge on any atom is 0.409 e. The van der Waals surface area contributed by atoms with Gasteiger partial charge in [-0.15, -0.1) is 0 Å². The van der Waals surface area contributed by atoms with Gasteiger partial charge < -0.3 is 15.2 Å². The molecule has 0 aliphatic carbocycles. The van der Waals surface area contributed by atoms with Crippen molar-refractivity contribution in [3.05, 3.63) is 30.2 Å². The number of hydrogen-bond donors (Lipinski definition) is 3. The van der Waals surface area contributed by atoms with Gasteiger partial charge in [-0.3, -0.25) is 10.2 Å². The van der Waals surface area contributed by atoms with Crippen molar-refractivity contribution in [2.45, 2.75) is 0 Å². The highest BCUT2D eigenvalue weighted by Gasteiger charge is 2.16. The fraction of sp³-hybridized carbons (Fsp3) is 0.368. The number of anilines is 2. The molecule has 1 aliphatic heterocycles. The average Bonchev–Trinajstić information content (AvgIpc) is 3.06. The van der Waals surface area contributed by atoms with Crippen LogP contribution in [0, 0.1) is 5.82 Å². The predicted octanol–water partition coefficient (Wildman–Crippen LogP) is 2.00. The number of nitrogens with one attached hydrogen (secondary N) is 2. The van der Waals surface area contributed by atoms with Gasteiger partial charge >= 0.3 is 6.09 Å². The van der Waals surface area contributed by atoms with Crippen LogP contribution in [0.4, 0.5) is 20.8 Å². The molecule has 0 bridgehead atoms. The summed E-state index contributed by atoms with van der Waals surface area (Å²) in [5.41, 5.74) is 1.52. The van der Waals surface area contributed by atoms with Crippen LogP contribution in [0.1, 0.15) is 0 Å². The Balaban J connectivity index is 1.52. The maximum atomic E-state index is 14.2. The monoisotopic (exact) mass is 415 g/mol. The SMILES string of the molecule is Cn1nc(-c2ccc(NC(=O)O)c(F)c2)c2cnc(NCCN3CCOCC3)nc21. The van der Waals surface area contributed by atoms with Gasteiger partial charge in [-0.25, -0.2) is 18.9 Å². The summed E-state index contributed by atoms with van der Waals surface area (Å²) in [4.78, 5) is 21.9. The van der Waals surface area contributed by atoms with E-state index in [9.17, 15) is 9.18 Å². The first kappa shape index (κ1) is 20.0. The van der Waals surface area contributed by atoms with Gasteiger partial charge in [0.05, 0.1) is 24.3 Å². The van der Waals surface area contributed by atoms with Crippen LogP contribution < -0.4 is 10.6 Å². The van der Waals surface area contributed by atoms with E-state index in [-0.39, 0.29) is 5.69 Å². The number of nitrogens with zero attached hydrogens (tertiary/aromatic N) is 5. The third kappa shape index (κ3) is 4.31. The zero-order valence-electron chi connectivity index (χ0n) is 16.4. The topological polar surface area (TPSA) is 117 Å². The van der Waals surface area contributed by atoms with Crippen molar-refractivity contribution in [1.82, 2.24) is 24.6 Å². The molecular formula is C19H22FN7O3. The Morgan fingerprint density at radius 1 is 1.33 bits per heavy atom. The van der Waals surface area contributed by atoms with Gasteiger partial charge in [-0.2, -0.15) is 10.1 Å². The van der Waals surface area contributed by atoms with Crippen molar-refractivity contribution in [3.63, 3.8) is 0 Å². The lowest BCUT2D eigenvalue weighted by molar-refractivity contribution is 0.0398. The number of carbonyl (C=O) groups is 1. The Labute approximate surface area is 171 Å². The lowest BCUT2D eigenvalue weighted by atomic mass is 10.1. The normalized spacial score (nSPS) is 14.7. The summed E-state index contributed by atoms with van der Waals surface area (Å²) >= 11 is 0. The smallest absolute Gasteiger partial charge is 0.409 e. The summed E-state index contributed by atoms with van der Waals surface area (Å²) in [7, 11) is 1.76. The second-order valence-electron chi connectivity index (χ2n) is 6.91. The van der Waals surface area contributed by atoms with Crippen LogP contribution >= 0.6 is 0 Å². The van der Waals surface area contributed by atoms with Crippen LogP contribution in [-0.2, 0) is 11.8 Å². The molecule has 2 aromatic heterocycles.